The van der Waals surface area contributed by atoms with Gasteiger partial charge in [0, 0.05) is 7.11 Å². The van der Waals surface area contributed by atoms with Crippen molar-refractivity contribution in [2.45, 2.75) is 70.4 Å². The molecule has 0 saturated carbocycles. The number of benzene rings is 1. The molecule has 23 heavy (non-hydrogen) atoms. The van der Waals surface area contributed by atoms with E-state index in [-0.39, 0.29) is 11.1 Å². The van der Waals surface area contributed by atoms with E-state index in [4.69, 9.17) is 9.16 Å². The van der Waals surface area contributed by atoms with Crippen molar-refractivity contribution in [3.05, 3.63) is 34.9 Å². The van der Waals surface area contributed by atoms with Crippen LogP contribution in [0.25, 0.3) is 0 Å². The fourth-order valence-electron chi connectivity index (χ4n) is 2.93. The first kappa shape index (κ1) is 18.6. The third-order valence-electron chi connectivity index (χ3n) is 5.28. The van der Waals surface area contributed by atoms with Gasteiger partial charge in [0.1, 0.15) is 6.10 Å². The molecule has 0 aromatic heterocycles. The van der Waals surface area contributed by atoms with Crippen molar-refractivity contribution in [1.29, 1.82) is 0 Å². The second-order valence-corrected chi connectivity index (χ2v) is 12.6. The lowest BCUT2D eigenvalue weighted by Gasteiger charge is -2.38. The van der Waals surface area contributed by atoms with Gasteiger partial charge >= 0.3 is 0 Å². The second-order valence-electron chi connectivity index (χ2n) is 7.81. The van der Waals surface area contributed by atoms with Gasteiger partial charge in [0.15, 0.2) is 8.32 Å². The van der Waals surface area contributed by atoms with Gasteiger partial charge < -0.3 is 9.16 Å². The SMILES string of the molecule is COC(c1cccc2c1CCC2O[Si](C)(C)C(C)(C)C)C(F)F. The largest absolute Gasteiger partial charge is 0.410 e. The first-order valence-electron chi connectivity index (χ1n) is 8.19. The minimum Gasteiger partial charge on any atom is -0.410 e. The molecule has 1 aromatic rings. The van der Waals surface area contributed by atoms with Gasteiger partial charge in [0.25, 0.3) is 6.43 Å². The summed E-state index contributed by atoms with van der Waals surface area (Å²) >= 11 is 0. The van der Waals surface area contributed by atoms with Crippen molar-refractivity contribution in [3.63, 3.8) is 0 Å². The summed E-state index contributed by atoms with van der Waals surface area (Å²) in [5.74, 6) is 0. The molecule has 130 valence electrons. The Labute approximate surface area is 139 Å². The van der Waals surface area contributed by atoms with Crippen LogP contribution in [0.2, 0.25) is 18.1 Å². The number of rotatable bonds is 5. The number of ether oxygens (including phenoxy) is 1. The average Bonchev–Trinajstić information content (AvgIpc) is 2.81. The quantitative estimate of drug-likeness (QED) is 0.644. The maximum atomic E-state index is 13.2. The van der Waals surface area contributed by atoms with Crippen molar-refractivity contribution in [3.8, 4) is 0 Å². The predicted molar refractivity (Wildman–Crippen MR) is 91.5 cm³/mol. The Balaban J connectivity index is 2.32. The topological polar surface area (TPSA) is 18.5 Å². The number of hydrogen-bond donors (Lipinski definition) is 0. The molecule has 1 aliphatic carbocycles. The zero-order valence-electron chi connectivity index (χ0n) is 15.0. The molecular formula is C18H28F2O2Si. The number of alkyl halides is 2. The normalized spacial score (nSPS) is 20.0. The molecule has 2 unspecified atom stereocenters. The number of halogens is 2. The van der Waals surface area contributed by atoms with Gasteiger partial charge in [-0.15, -0.1) is 0 Å². The van der Waals surface area contributed by atoms with E-state index in [1.807, 2.05) is 12.1 Å². The Morgan fingerprint density at radius 3 is 2.39 bits per heavy atom. The van der Waals surface area contributed by atoms with Crippen LogP contribution in [0.5, 0.6) is 0 Å². The molecule has 2 atom stereocenters. The molecule has 0 saturated heterocycles. The fourth-order valence-corrected chi connectivity index (χ4v) is 4.24. The molecule has 1 aromatic carbocycles. The Hall–Kier alpha value is -0.783. The van der Waals surface area contributed by atoms with E-state index in [1.54, 1.807) is 6.07 Å². The minimum atomic E-state index is -2.52. The fraction of sp³-hybridized carbons (Fsp3) is 0.667. The van der Waals surface area contributed by atoms with E-state index in [2.05, 4.69) is 33.9 Å². The van der Waals surface area contributed by atoms with Gasteiger partial charge in [-0.05, 0) is 47.7 Å². The monoisotopic (exact) mass is 342 g/mol. The van der Waals surface area contributed by atoms with Crippen LogP contribution in [0.3, 0.4) is 0 Å². The second kappa shape index (κ2) is 6.61. The molecular weight excluding hydrogens is 314 g/mol. The van der Waals surface area contributed by atoms with Gasteiger partial charge in [-0.1, -0.05) is 39.0 Å². The van der Waals surface area contributed by atoms with E-state index in [0.29, 0.717) is 5.56 Å². The first-order valence-corrected chi connectivity index (χ1v) is 11.1. The zero-order chi connectivity index (χ0) is 17.4. The third-order valence-corrected chi connectivity index (χ3v) is 9.77. The van der Waals surface area contributed by atoms with E-state index in [0.717, 1.165) is 24.0 Å². The lowest BCUT2D eigenvalue weighted by atomic mass is 9.99. The summed E-state index contributed by atoms with van der Waals surface area (Å²) < 4.78 is 38.0. The van der Waals surface area contributed by atoms with Crippen molar-refractivity contribution in [1.82, 2.24) is 0 Å². The molecule has 0 heterocycles. The maximum absolute atomic E-state index is 13.2. The van der Waals surface area contributed by atoms with Gasteiger partial charge in [-0.25, -0.2) is 8.78 Å². The smallest absolute Gasteiger partial charge is 0.268 e. The zero-order valence-corrected chi connectivity index (χ0v) is 16.0. The Morgan fingerprint density at radius 2 is 1.87 bits per heavy atom. The summed E-state index contributed by atoms with van der Waals surface area (Å²) in [6.45, 7) is 11.1. The van der Waals surface area contributed by atoms with Crippen LogP contribution >= 0.6 is 0 Å². The summed E-state index contributed by atoms with van der Waals surface area (Å²) in [5.41, 5.74) is 2.67. The molecule has 0 aliphatic heterocycles. The van der Waals surface area contributed by atoms with E-state index in [9.17, 15) is 8.78 Å². The van der Waals surface area contributed by atoms with Gasteiger partial charge in [-0.3, -0.25) is 0 Å². The van der Waals surface area contributed by atoms with Gasteiger partial charge in [0.05, 0.1) is 6.10 Å². The van der Waals surface area contributed by atoms with E-state index < -0.39 is 20.8 Å². The summed E-state index contributed by atoms with van der Waals surface area (Å²) in [6.07, 6.45) is -2.03. The predicted octanol–water partition coefficient (Wildman–Crippen LogP) is 5.65. The number of hydrogen-bond acceptors (Lipinski definition) is 2. The van der Waals surface area contributed by atoms with E-state index >= 15 is 0 Å². The van der Waals surface area contributed by atoms with E-state index in [1.165, 1.54) is 7.11 Å². The Bertz CT molecular complexity index is 552. The number of methoxy groups -OCH3 is 1. The highest BCUT2D eigenvalue weighted by molar-refractivity contribution is 6.74. The third kappa shape index (κ3) is 3.67. The molecule has 2 rings (SSSR count). The average molecular weight is 343 g/mol. The highest BCUT2D eigenvalue weighted by Gasteiger charge is 2.41. The van der Waals surface area contributed by atoms with Crippen LogP contribution < -0.4 is 0 Å². The minimum absolute atomic E-state index is 0.0148. The van der Waals surface area contributed by atoms with Gasteiger partial charge in [-0.2, -0.15) is 0 Å². The van der Waals surface area contributed by atoms with Crippen LogP contribution in [-0.4, -0.2) is 21.9 Å². The number of fused-ring (bicyclic) bond motifs is 1. The van der Waals surface area contributed by atoms with Crippen LogP contribution in [0.15, 0.2) is 18.2 Å². The molecule has 5 heteroatoms. The van der Waals surface area contributed by atoms with Crippen LogP contribution in [0, 0.1) is 0 Å². The molecule has 2 nitrogen and oxygen atoms in total. The van der Waals surface area contributed by atoms with Crippen molar-refractivity contribution < 1.29 is 17.9 Å². The van der Waals surface area contributed by atoms with Crippen LogP contribution in [0.4, 0.5) is 8.78 Å². The molecule has 0 bridgehead atoms. The molecule has 1 aliphatic rings. The van der Waals surface area contributed by atoms with Crippen molar-refractivity contribution in [2.24, 2.45) is 0 Å². The summed E-state index contributed by atoms with van der Waals surface area (Å²) in [7, 11) is -0.550. The lowest BCUT2D eigenvalue weighted by molar-refractivity contribution is -0.0347. The first-order chi connectivity index (χ1) is 10.6. The lowest BCUT2D eigenvalue weighted by Crippen LogP contribution is -2.41. The molecule has 0 fully saturated rings. The van der Waals surface area contributed by atoms with Crippen LogP contribution in [-0.2, 0) is 15.6 Å². The summed E-state index contributed by atoms with van der Waals surface area (Å²) in [4.78, 5) is 0. The van der Waals surface area contributed by atoms with Crippen molar-refractivity contribution in [2.75, 3.05) is 7.11 Å². The molecule has 0 radical (unpaired) electrons. The molecule has 0 amide bonds. The summed E-state index contributed by atoms with van der Waals surface area (Å²) in [5, 5.41) is 0.130. The summed E-state index contributed by atoms with van der Waals surface area (Å²) in [6, 6.07) is 5.62. The molecule has 0 N–H and O–H groups in total. The Morgan fingerprint density at radius 1 is 1.22 bits per heavy atom. The van der Waals surface area contributed by atoms with Crippen LogP contribution in [0.1, 0.15) is 56.1 Å². The molecule has 0 spiro atoms. The van der Waals surface area contributed by atoms with Gasteiger partial charge in [0.2, 0.25) is 0 Å². The maximum Gasteiger partial charge on any atom is 0.268 e. The highest BCUT2D eigenvalue weighted by atomic mass is 28.4. The Kier molecular flexibility index (Phi) is 5.33. The highest BCUT2D eigenvalue weighted by Crippen LogP contribution is 2.45. The standard InChI is InChI=1S/C18H28F2O2Si/c1-18(2,3)23(5,6)22-15-11-10-12-13(15)8-7-9-14(12)16(21-4)17(19)20/h7-9,15-17H,10-11H2,1-6H3. The van der Waals surface area contributed by atoms with Crippen molar-refractivity contribution >= 4 is 8.32 Å².